The number of amides is 2. The first kappa shape index (κ1) is 18.3. The van der Waals surface area contributed by atoms with E-state index in [1.807, 2.05) is 40.1 Å². The molecule has 2 fully saturated rings. The highest BCUT2D eigenvalue weighted by molar-refractivity contribution is 5.92. The summed E-state index contributed by atoms with van der Waals surface area (Å²) in [6.45, 7) is 2.74. The molecule has 0 atom stereocenters. The third kappa shape index (κ3) is 3.96. The predicted molar refractivity (Wildman–Crippen MR) is 106 cm³/mol. The Morgan fingerprint density at radius 1 is 1.14 bits per heavy atom. The summed E-state index contributed by atoms with van der Waals surface area (Å²) in [6, 6.07) is 10.1. The van der Waals surface area contributed by atoms with Crippen molar-refractivity contribution in [2.75, 3.05) is 26.2 Å². The Bertz CT molecular complexity index is 859. The number of rotatable bonds is 4. The lowest BCUT2D eigenvalue weighted by Crippen LogP contribution is -2.44. The van der Waals surface area contributed by atoms with Gasteiger partial charge < -0.3 is 9.80 Å². The molecule has 0 aliphatic carbocycles. The summed E-state index contributed by atoms with van der Waals surface area (Å²) in [5.74, 6) is 0.140. The van der Waals surface area contributed by atoms with E-state index in [1.54, 1.807) is 6.20 Å². The van der Waals surface area contributed by atoms with Crippen LogP contribution in [0.4, 0.5) is 0 Å². The van der Waals surface area contributed by atoms with Gasteiger partial charge in [0, 0.05) is 50.4 Å². The smallest absolute Gasteiger partial charge is 0.274 e. The summed E-state index contributed by atoms with van der Waals surface area (Å²) >= 11 is 0. The molecule has 0 N–H and O–H groups in total. The second-order valence-electron chi connectivity index (χ2n) is 7.65. The lowest BCUT2D eigenvalue weighted by molar-refractivity contribution is -0.127. The van der Waals surface area contributed by atoms with E-state index >= 15 is 0 Å². The normalized spacial score (nSPS) is 18.9. The maximum Gasteiger partial charge on any atom is 0.274 e. The summed E-state index contributed by atoms with van der Waals surface area (Å²) in [4.78, 5) is 36.9. The number of carbonyl (C=O) groups is 2. The third-order valence-corrected chi connectivity index (χ3v) is 5.73. The second kappa shape index (κ2) is 7.92. The molecular weight excluding hydrogens is 352 g/mol. The fourth-order valence-corrected chi connectivity index (χ4v) is 4.12. The highest BCUT2D eigenvalue weighted by Gasteiger charge is 2.45. The average molecular weight is 376 g/mol. The molecule has 3 heterocycles. The van der Waals surface area contributed by atoms with Gasteiger partial charge in [0.15, 0.2) is 0 Å². The van der Waals surface area contributed by atoms with Crippen LogP contribution in [-0.4, -0.2) is 57.8 Å². The maximum atomic E-state index is 12.5. The van der Waals surface area contributed by atoms with E-state index in [4.69, 9.17) is 0 Å². The molecule has 6 nitrogen and oxygen atoms in total. The molecule has 2 amide bonds. The summed E-state index contributed by atoms with van der Waals surface area (Å²) in [7, 11) is 0. The van der Waals surface area contributed by atoms with E-state index in [9.17, 15) is 9.59 Å². The molecule has 2 aliphatic rings. The lowest BCUT2D eigenvalue weighted by Gasteiger charge is -2.38. The van der Waals surface area contributed by atoms with E-state index in [0.717, 1.165) is 24.9 Å². The van der Waals surface area contributed by atoms with Crippen molar-refractivity contribution >= 4 is 17.9 Å². The SMILES string of the molecule is O=C1CC2(CCN(C(=O)c3cnccn3)CC2)CN1C/C=C/c1ccccc1. The van der Waals surface area contributed by atoms with Gasteiger partial charge in [0.2, 0.25) is 5.91 Å². The predicted octanol–water partition coefficient (Wildman–Crippen LogP) is 2.64. The minimum Gasteiger partial charge on any atom is -0.338 e. The summed E-state index contributed by atoms with van der Waals surface area (Å²) < 4.78 is 0. The summed E-state index contributed by atoms with van der Waals surface area (Å²) in [5.41, 5.74) is 1.52. The third-order valence-electron chi connectivity index (χ3n) is 5.73. The molecule has 1 aromatic carbocycles. The van der Waals surface area contributed by atoms with Crippen molar-refractivity contribution < 1.29 is 9.59 Å². The minimum atomic E-state index is -0.0741. The largest absolute Gasteiger partial charge is 0.338 e. The number of nitrogens with zero attached hydrogens (tertiary/aromatic N) is 4. The molecule has 144 valence electrons. The van der Waals surface area contributed by atoms with Crippen LogP contribution in [0.5, 0.6) is 0 Å². The Morgan fingerprint density at radius 2 is 1.93 bits per heavy atom. The zero-order valence-electron chi connectivity index (χ0n) is 15.8. The summed E-state index contributed by atoms with van der Waals surface area (Å²) in [6.07, 6.45) is 11.0. The number of piperidine rings is 1. The molecule has 0 bridgehead atoms. The van der Waals surface area contributed by atoms with Crippen LogP contribution in [-0.2, 0) is 4.79 Å². The Balaban J connectivity index is 1.33. The molecule has 2 aliphatic heterocycles. The van der Waals surface area contributed by atoms with Gasteiger partial charge in [-0.1, -0.05) is 42.5 Å². The van der Waals surface area contributed by atoms with Crippen molar-refractivity contribution in [2.45, 2.75) is 19.3 Å². The average Bonchev–Trinajstić information content (AvgIpc) is 3.04. The topological polar surface area (TPSA) is 66.4 Å². The van der Waals surface area contributed by atoms with Crippen molar-refractivity contribution in [1.29, 1.82) is 0 Å². The molecule has 0 unspecified atom stereocenters. The minimum absolute atomic E-state index is 0.00316. The Kier molecular flexibility index (Phi) is 5.19. The van der Waals surface area contributed by atoms with Crippen molar-refractivity contribution in [3.63, 3.8) is 0 Å². The number of hydrogen-bond acceptors (Lipinski definition) is 4. The first-order valence-electron chi connectivity index (χ1n) is 9.70. The van der Waals surface area contributed by atoms with Crippen LogP contribution in [0.1, 0.15) is 35.3 Å². The molecule has 28 heavy (non-hydrogen) atoms. The Labute approximate surface area is 164 Å². The lowest BCUT2D eigenvalue weighted by atomic mass is 9.77. The van der Waals surface area contributed by atoms with E-state index < -0.39 is 0 Å². The molecule has 2 aromatic rings. The number of benzene rings is 1. The number of aromatic nitrogens is 2. The van der Waals surface area contributed by atoms with Crippen LogP contribution in [0, 0.1) is 5.41 Å². The first-order chi connectivity index (χ1) is 13.7. The van der Waals surface area contributed by atoms with Gasteiger partial charge in [0.1, 0.15) is 5.69 Å². The molecule has 0 saturated carbocycles. The highest BCUT2D eigenvalue weighted by atomic mass is 16.2. The van der Waals surface area contributed by atoms with E-state index in [-0.39, 0.29) is 17.2 Å². The monoisotopic (exact) mass is 376 g/mol. The van der Waals surface area contributed by atoms with Crippen LogP contribution in [0.25, 0.3) is 6.08 Å². The van der Waals surface area contributed by atoms with Crippen LogP contribution in [0.15, 0.2) is 55.0 Å². The van der Waals surface area contributed by atoms with Crippen molar-refractivity contribution in [3.05, 3.63) is 66.3 Å². The van der Waals surface area contributed by atoms with Crippen molar-refractivity contribution in [3.8, 4) is 0 Å². The quantitative estimate of drug-likeness (QED) is 0.823. The van der Waals surface area contributed by atoms with Gasteiger partial charge in [0.25, 0.3) is 5.91 Å². The van der Waals surface area contributed by atoms with E-state index in [1.165, 1.54) is 12.4 Å². The number of hydrogen-bond donors (Lipinski definition) is 0. The van der Waals surface area contributed by atoms with Crippen LogP contribution < -0.4 is 0 Å². The van der Waals surface area contributed by atoms with Gasteiger partial charge in [0.05, 0.1) is 6.20 Å². The molecule has 1 aromatic heterocycles. The summed E-state index contributed by atoms with van der Waals surface area (Å²) in [5, 5.41) is 0. The Hall–Kier alpha value is -3.02. The number of carbonyl (C=O) groups excluding carboxylic acids is 2. The van der Waals surface area contributed by atoms with Gasteiger partial charge in [-0.25, -0.2) is 4.98 Å². The Morgan fingerprint density at radius 3 is 2.64 bits per heavy atom. The van der Waals surface area contributed by atoms with Gasteiger partial charge in [-0.15, -0.1) is 0 Å². The highest BCUT2D eigenvalue weighted by Crippen LogP contribution is 2.41. The standard InChI is InChI=1S/C22H24N4O2/c27-20-15-22(17-26(20)12-4-7-18-5-2-1-3-6-18)8-13-25(14-9-22)21(28)19-16-23-10-11-24-19/h1-7,10-11,16H,8-9,12-15,17H2/b7-4+. The first-order valence-corrected chi connectivity index (χ1v) is 9.70. The fraction of sp³-hybridized carbons (Fsp3) is 0.364. The maximum absolute atomic E-state index is 12.5. The van der Waals surface area contributed by atoms with Gasteiger partial charge in [-0.05, 0) is 18.4 Å². The fourth-order valence-electron chi connectivity index (χ4n) is 4.12. The molecule has 2 saturated heterocycles. The van der Waals surface area contributed by atoms with E-state index in [2.05, 4.69) is 22.1 Å². The van der Waals surface area contributed by atoms with Crippen LogP contribution >= 0.6 is 0 Å². The molecule has 1 spiro atoms. The van der Waals surface area contributed by atoms with Crippen molar-refractivity contribution in [1.82, 2.24) is 19.8 Å². The second-order valence-corrected chi connectivity index (χ2v) is 7.65. The van der Waals surface area contributed by atoms with Gasteiger partial charge >= 0.3 is 0 Å². The van der Waals surface area contributed by atoms with Crippen LogP contribution in [0.2, 0.25) is 0 Å². The molecule has 6 heteroatoms. The van der Waals surface area contributed by atoms with E-state index in [0.29, 0.717) is 31.7 Å². The van der Waals surface area contributed by atoms with Crippen molar-refractivity contribution in [2.24, 2.45) is 5.41 Å². The molecule has 4 rings (SSSR count). The zero-order valence-corrected chi connectivity index (χ0v) is 15.8. The van der Waals surface area contributed by atoms with Crippen LogP contribution in [0.3, 0.4) is 0 Å². The zero-order chi connectivity index (χ0) is 19.4. The molecule has 0 radical (unpaired) electrons. The molecular formula is C22H24N4O2. The van der Waals surface area contributed by atoms with Gasteiger partial charge in [-0.2, -0.15) is 0 Å². The number of likely N-dealkylation sites (tertiary alicyclic amines) is 2. The van der Waals surface area contributed by atoms with Gasteiger partial charge in [-0.3, -0.25) is 14.6 Å².